The Morgan fingerprint density at radius 3 is 2.39 bits per heavy atom. The van der Waals surface area contributed by atoms with Crippen LogP contribution >= 0.6 is 11.6 Å². The lowest BCUT2D eigenvalue weighted by atomic mass is 9.89. The van der Waals surface area contributed by atoms with Gasteiger partial charge in [-0.05, 0) is 80.6 Å². The molecule has 2 heterocycles. The lowest BCUT2D eigenvalue weighted by Gasteiger charge is -2.36. The van der Waals surface area contributed by atoms with E-state index in [9.17, 15) is 42.8 Å². The number of furan rings is 1. The number of nitrogens with zero attached hydrogens (tertiary/aromatic N) is 4. The summed E-state index contributed by atoms with van der Waals surface area (Å²) < 4.78 is 43.8. The fourth-order valence-corrected chi connectivity index (χ4v) is 4.87. The van der Waals surface area contributed by atoms with E-state index in [0.717, 1.165) is 34.1 Å². The SMILES string of the molecule is CC1(C)C(C(O)C(=O)Nc2ccc(C(F)(F)F)cc2)N(c2ccc(Cl)cc2)C(=O)N1CC(=O)N/N=C/C=C/c1ccc([N+](=O)[O-])o1. The second kappa shape index (κ2) is 13.4. The van der Waals surface area contributed by atoms with Crippen molar-refractivity contribution < 1.29 is 42.0 Å². The molecule has 1 aliphatic heterocycles. The van der Waals surface area contributed by atoms with Crippen molar-refractivity contribution in [2.75, 3.05) is 16.8 Å². The molecule has 4 amide bonds. The third-order valence-electron chi connectivity index (χ3n) is 6.99. The molecule has 4 rings (SSSR count). The summed E-state index contributed by atoms with van der Waals surface area (Å²) in [5.74, 6) is -2.02. The molecule has 17 heteroatoms. The van der Waals surface area contributed by atoms with Crippen LogP contribution in [0.1, 0.15) is 25.2 Å². The lowest BCUT2D eigenvalue weighted by Crippen LogP contribution is -2.57. The Balaban J connectivity index is 1.51. The van der Waals surface area contributed by atoms with Crippen LogP contribution in [0.25, 0.3) is 6.08 Å². The predicted molar refractivity (Wildman–Crippen MR) is 161 cm³/mol. The van der Waals surface area contributed by atoms with Crippen molar-refractivity contribution in [1.29, 1.82) is 0 Å². The number of rotatable bonds is 10. The zero-order valence-corrected chi connectivity index (χ0v) is 24.8. The van der Waals surface area contributed by atoms with Crippen molar-refractivity contribution >= 4 is 59.0 Å². The second-order valence-electron chi connectivity index (χ2n) is 10.4. The van der Waals surface area contributed by atoms with Gasteiger partial charge in [0.25, 0.3) is 11.8 Å². The summed E-state index contributed by atoms with van der Waals surface area (Å²) in [6, 6.07) is 10.1. The number of aliphatic hydroxyl groups excluding tert-OH is 1. The minimum Gasteiger partial charge on any atom is -0.401 e. The van der Waals surface area contributed by atoms with Crippen LogP contribution in [0.15, 0.2) is 76.3 Å². The zero-order valence-electron chi connectivity index (χ0n) is 24.1. The minimum absolute atomic E-state index is 0.0226. The van der Waals surface area contributed by atoms with Gasteiger partial charge in [-0.2, -0.15) is 18.3 Å². The quantitative estimate of drug-likeness (QED) is 0.155. The van der Waals surface area contributed by atoms with Gasteiger partial charge in [0, 0.05) is 22.6 Å². The molecule has 1 fully saturated rings. The summed E-state index contributed by atoms with van der Waals surface area (Å²) >= 11 is 6.01. The maximum Gasteiger partial charge on any atom is 0.433 e. The van der Waals surface area contributed by atoms with Crippen molar-refractivity contribution in [3.05, 3.63) is 93.2 Å². The Kier molecular flexibility index (Phi) is 9.82. The average molecular weight is 663 g/mol. The normalized spacial score (nSPS) is 17.1. The fourth-order valence-electron chi connectivity index (χ4n) is 4.74. The Hall–Kier alpha value is -5.22. The highest BCUT2D eigenvalue weighted by Gasteiger charge is 2.56. The van der Waals surface area contributed by atoms with E-state index in [1.54, 1.807) is 0 Å². The van der Waals surface area contributed by atoms with Gasteiger partial charge in [-0.15, -0.1) is 0 Å². The number of nitrogens with one attached hydrogen (secondary N) is 2. The Labute approximate surface area is 264 Å². The molecule has 242 valence electrons. The number of aliphatic hydroxyl groups is 1. The van der Waals surface area contributed by atoms with Crippen molar-refractivity contribution in [2.45, 2.75) is 37.7 Å². The molecule has 13 nitrogen and oxygen atoms in total. The number of hydrazone groups is 1. The van der Waals surface area contributed by atoms with Crippen LogP contribution < -0.4 is 15.6 Å². The number of allylic oxidation sites excluding steroid dienone is 1. The molecule has 1 saturated heterocycles. The molecule has 0 aliphatic carbocycles. The van der Waals surface area contributed by atoms with E-state index in [-0.39, 0.29) is 17.1 Å². The van der Waals surface area contributed by atoms with Gasteiger partial charge >= 0.3 is 18.1 Å². The van der Waals surface area contributed by atoms with Gasteiger partial charge in [0.05, 0.1) is 23.2 Å². The molecule has 1 aliphatic rings. The number of carbonyl (C=O) groups excluding carboxylic acids is 3. The first-order chi connectivity index (χ1) is 21.6. The fraction of sp³-hybridized carbons (Fsp3) is 0.241. The van der Waals surface area contributed by atoms with E-state index in [4.69, 9.17) is 16.0 Å². The van der Waals surface area contributed by atoms with Crippen LogP contribution in [-0.2, 0) is 15.8 Å². The van der Waals surface area contributed by atoms with Crippen molar-refractivity contribution in [3.63, 3.8) is 0 Å². The van der Waals surface area contributed by atoms with Crippen LogP contribution in [0.4, 0.5) is 35.2 Å². The molecule has 0 radical (unpaired) electrons. The third kappa shape index (κ3) is 7.52. The van der Waals surface area contributed by atoms with Gasteiger partial charge in [-0.1, -0.05) is 11.6 Å². The molecule has 0 saturated carbocycles. The highest BCUT2D eigenvalue weighted by atomic mass is 35.5. The number of nitro groups is 1. The van der Waals surface area contributed by atoms with Crippen LogP contribution in [0.5, 0.6) is 0 Å². The first kappa shape index (κ1) is 33.7. The summed E-state index contributed by atoms with van der Waals surface area (Å²) in [5, 5.41) is 28.4. The number of anilines is 2. The summed E-state index contributed by atoms with van der Waals surface area (Å²) in [7, 11) is 0. The number of benzene rings is 2. The largest absolute Gasteiger partial charge is 0.433 e. The van der Waals surface area contributed by atoms with Crippen LogP contribution in [0.2, 0.25) is 5.02 Å². The van der Waals surface area contributed by atoms with Crippen molar-refractivity contribution in [1.82, 2.24) is 10.3 Å². The molecule has 3 aromatic rings. The standard InChI is InChI=1S/C29H26ClF3N6O7/c1-28(2)25(24(41)26(42)35-19-9-5-17(6-10-19)29(31,32)33)38(20-11-7-18(30)8-12-20)27(43)37(28)16-22(40)36-34-15-3-4-21-13-14-23(46-21)39(44)45/h3-15,24-25,41H,16H2,1-2H3,(H,35,42)(H,36,40)/b4-3+,34-15+. The van der Waals surface area contributed by atoms with Gasteiger partial charge in [0.2, 0.25) is 0 Å². The number of halogens is 4. The summed E-state index contributed by atoms with van der Waals surface area (Å²) in [6.07, 6.45) is -2.62. The van der Waals surface area contributed by atoms with Crippen molar-refractivity contribution in [2.24, 2.45) is 5.10 Å². The molecule has 3 N–H and O–H groups in total. The van der Waals surface area contributed by atoms with Crippen LogP contribution in [-0.4, -0.2) is 63.2 Å². The highest BCUT2D eigenvalue weighted by Crippen LogP contribution is 2.39. The van der Waals surface area contributed by atoms with E-state index >= 15 is 0 Å². The lowest BCUT2D eigenvalue weighted by molar-refractivity contribution is -0.402. The highest BCUT2D eigenvalue weighted by molar-refractivity contribution is 6.30. The van der Waals surface area contributed by atoms with Gasteiger partial charge in [0.1, 0.15) is 17.2 Å². The van der Waals surface area contributed by atoms with Gasteiger partial charge < -0.3 is 19.7 Å². The number of alkyl halides is 3. The molecule has 46 heavy (non-hydrogen) atoms. The number of hydrogen-bond donors (Lipinski definition) is 3. The second-order valence-corrected chi connectivity index (χ2v) is 10.9. The number of hydrogen-bond acceptors (Lipinski definition) is 8. The first-order valence-electron chi connectivity index (χ1n) is 13.3. The molecular formula is C29H26ClF3N6O7. The van der Waals surface area contributed by atoms with Crippen LogP contribution in [0, 0.1) is 10.1 Å². The first-order valence-corrected chi connectivity index (χ1v) is 13.7. The molecule has 1 aromatic heterocycles. The third-order valence-corrected chi connectivity index (χ3v) is 7.24. The Morgan fingerprint density at radius 1 is 1.15 bits per heavy atom. The topological polar surface area (TPSA) is 171 Å². The molecule has 2 atom stereocenters. The minimum atomic E-state index is -4.58. The summed E-state index contributed by atoms with van der Waals surface area (Å²) in [4.78, 5) is 52.0. The van der Waals surface area contributed by atoms with E-state index < -0.39 is 64.6 Å². The van der Waals surface area contributed by atoms with Crippen LogP contribution in [0.3, 0.4) is 0 Å². The summed E-state index contributed by atoms with van der Waals surface area (Å²) in [5.41, 5.74) is 0.166. The smallest absolute Gasteiger partial charge is 0.401 e. The molecule has 0 bridgehead atoms. The number of carbonyl (C=O) groups is 3. The Morgan fingerprint density at radius 2 is 1.80 bits per heavy atom. The van der Waals surface area contributed by atoms with Gasteiger partial charge in [-0.25, -0.2) is 10.2 Å². The van der Waals surface area contributed by atoms with E-state index in [2.05, 4.69) is 15.8 Å². The number of urea groups is 1. The van der Waals surface area contributed by atoms with Gasteiger partial charge in [-0.3, -0.25) is 24.6 Å². The molecule has 0 spiro atoms. The van der Waals surface area contributed by atoms with E-state index in [0.29, 0.717) is 5.02 Å². The predicted octanol–water partition coefficient (Wildman–Crippen LogP) is 5.06. The molecule has 2 unspecified atom stereocenters. The maximum absolute atomic E-state index is 13.7. The molecular weight excluding hydrogens is 637 g/mol. The van der Waals surface area contributed by atoms with E-state index in [1.807, 2.05) is 0 Å². The Bertz CT molecular complexity index is 1670. The van der Waals surface area contributed by atoms with Gasteiger partial charge in [0.15, 0.2) is 6.10 Å². The number of amides is 4. The van der Waals surface area contributed by atoms with Crippen molar-refractivity contribution in [3.8, 4) is 0 Å². The summed E-state index contributed by atoms with van der Waals surface area (Å²) in [6.45, 7) is 2.51. The van der Waals surface area contributed by atoms with E-state index in [1.165, 1.54) is 68.6 Å². The average Bonchev–Trinajstić information content (AvgIpc) is 3.54. The molecule has 2 aromatic carbocycles. The maximum atomic E-state index is 13.7. The monoisotopic (exact) mass is 662 g/mol. The zero-order chi connectivity index (χ0) is 33.8.